The third-order valence-electron chi connectivity index (χ3n) is 2.72. The molecule has 0 saturated carbocycles. The zero-order chi connectivity index (χ0) is 13.9. The Labute approximate surface area is 109 Å². The van der Waals surface area contributed by atoms with E-state index in [1.54, 1.807) is 24.5 Å². The summed E-state index contributed by atoms with van der Waals surface area (Å²) in [4.78, 5) is 0. The predicted octanol–water partition coefficient (Wildman–Crippen LogP) is 4.34. The minimum atomic E-state index is -4.35. The second kappa shape index (κ2) is 5.38. The van der Waals surface area contributed by atoms with Crippen molar-refractivity contribution < 1.29 is 17.6 Å². The van der Waals surface area contributed by atoms with E-state index in [9.17, 15) is 13.2 Å². The third kappa shape index (κ3) is 3.53. The Morgan fingerprint density at radius 3 is 2.53 bits per heavy atom. The molecule has 1 N–H and O–H groups in total. The van der Waals surface area contributed by atoms with Crippen LogP contribution in [-0.2, 0) is 12.6 Å². The molecule has 2 aromatic rings. The number of para-hydroxylation sites is 1. The maximum atomic E-state index is 12.8. The van der Waals surface area contributed by atoms with Crippen molar-refractivity contribution >= 4 is 5.69 Å². The standard InChI is InChI=1S/C14H14F3NO/c1-10(9-11-5-4-8-19-11)18-13-7-3-2-6-12(13)14(15,16)17/h2-8,10,18H,9H2,1H3. The van der Waals surface area contributed by atoms with Crippen molar-refractivity contribution in [3.05, 3.63) is 54.0 Å². The third-order valence-corrected chi connectivity index (χ3v) is 2.72. The molecule has 5 heteroatoms. The average molecular weight is 269 g/mol. The number of anilines is 1. The van der Waals surface area contributed by atoms with E-state index >= 15 is 0 Å². The van der Waals surface area contributed by atoms with Gasteiger partial charge in [-0.05, 0) is 31.2 Å². The van der Waals surface area contributed by atoms with Crippen LogP contribution >= 0.6 is 0 Å². The Morgan fingerprint density at radius 1 is 1.16 bits per heavy atom. The van der Waals surface area contributed by atoms with Crippen LogP contribution in [0.3, 0.4) is 0 Å². The summed E-state index contributed by atoms with van der Waals surface area (Å²) >= 11 is 0. The van der Waals surface area contributed by atoms with E-state index in [0.717, 1.165) is 11.8 Å². The minimum Gasteiger partial charge on any atom is -0.469 e. The number of rotatable bonds is 4. The van der Waals surface area contributed by atoms with Crippen LogP contribution in [0.2, 0.25) is 0 Å². The van der Waals surface area contributed by atoms with Crippen molar-refractivity contribution in [1.82, 2.24) is 0 Å². The van der Waals surface area contributed by atoms with Crippen molar-refractivity contribution in [2.24, 2.45) is 0 Å². The molecule has 0 saturated heterocycles. The molecule has 0 amide bonds. The fourth-order valence-electron chi connectivity index (χ4n) is 1.90. The fraction of sp³-hybridized carbons (Fsp3) is 0.286. The van der Waals surface area contributed by atoms with Crippen molar-refractivity contribution in [2.75, 3.05) is 5.32 Å². The summed E-state index contributed by atoms with van der Waals surface area (Å²) in [6.45, 7) is 1.82. The molecule has 0 fully saturated rings. The molecule has 0 spiro atoms. The average Bonchev–Trinajstić information content (AvgIpc) is 2.81. The van der Waals surface area contributed by atoms with Crippen LogP contribution in [0.1, 0.15) is 18.2 Å². The Hall–Kier alpha value is -1.91. The Bertz CT molecular complexity index is 520. The van der Waals surface area contributed by atoms with Crippen LogP contribution in [0.15, 0.2) is 47.1 Å². The highest BCUT2D eigenvalue weighted by molar-refractivity contribution is 5.53. The second-order valence-corrected chi connectivity index (χ2v) is 4.37. The Morgan fingerprint density at radius 2 is 1.89 bits per heavy atom. The first-order valence-electron chi connectivity index (χ1n) is 5.92. The minimum absolute atomic E-state index is 0.0917. The van der Waals surface area contributed by atoms with Gasteiger partial charge in [0.05, 0.1) is 11.8 Å². The molecule has 2 rings (SSSR count). The zero-order valence-corrected chi connectivity index (χ0v) is 10.4. The molecule has 0 bridgehead atoms. The van der Waals surface area contributed by atoms with Crippen molar-refractivity contribution in [3.63, 3.8) is 0 Å². The number of hydrogen-bond acceptors (Lipinski definition) is 2. The van der Waals surface area contributed by atoms with E-state index in [1.165, 1.54) is 12.1 Å². The number of benzene rings is 1. The number of hydrogen-bond donors (Lipinski definition) is 1. The first-order chi connectivity index (χ1) is 8.97. The smallest absolute Gasteiger partial charge is 0.418 e. The molecule has 0 radical (unpaired) electrons. The van der Waals surface area contributed by atoms with Gasteiger partial charge < -0.3 is 9.73 Å². The lowest BCUT2D eigenvalue weighted by molar-refractivity contribution is -0.137. The molecule has 1 atom stereocenters. The van der Waals surface area contributed by atoms with Gasteiger partial charge >= 0.3 is 6.18 Å². The second-order valence-electron chi connectivity index (χ2n) is 4.37. The summed E-state index contributed by atoms with van der Waals surface area (Å²) < 4.78 is 43.6. The summed E-state index contributed by atoms with van der Waals surface area (Å²) in [5.41, 5.74) is -0.560. The lowest BCUT2D eigenvalue weighted by Crippen LogP contribution is -2.20. The number of nitrogens with one attached hydrogen (secondary N) is 1. The van der Waals surface area contributed by atoms with E-state index in [0.29, 0.717) is 6.42 Å². The molecule has 0 aliphatic carbocycles. The van der Waals surface area contributed by atoms with E-state index < -0.39 is 11.7 Å². The van der Waals surface area contributed by atoms with Gasteiger partial charge in [-0.3, -0.25) is 0 Å². The Kier molecular flexibility index (Phi) is 3.83. The predicted molar refractivity (Wildman–Crippen MR) is 66.9 cm³/mol. The van der Waals surface area contributed by atoms with Crippen LogP contribution in [0.5, 0.6) is 0 Å². The van der Waals surface area contributed by atoms with Gasteiger partial charge in [0.25, 0.3) is 0 Å². The van der Waals surface area contributed by atoms with Crippen LogP contribution in [0.4, 0.5) is 18.9 Å². The van der Waals surface area contributed by atoms with Crippen LogP contribution in [-0.4, -0.2) is 6.04 Å². The van der Waals surface area contributed by atoms with Crippen LogP contribution in [0.25, 0.3) is 0 Å². The molecular weight excluding hydrogens is 255 g/mol. The summed E-state index contributed by atoms with van der Waals surface area (Å²) in [5, 5.41) is 2.88. The quantitative estimate of drug-likeness (QED) is 0.893. The highest BCUT2D eigenvalue weighted by Crippen LogP contribution is 2.34. The van der Waals surface area contributed by atoms with Gasteiger partial charge in [-0.2, -0.15) is 13.2 Å². The van der Waals surface area contributed by atoms with E-state index in [2.05, 4.69) is 5.32 Å². The monoisotopic (exact) mass is 269 g/mol. The van der Waals surface area contributed by atoms with E-state index in [1.807, 2.05) is 6.92 Å². The van der Waals surface area contributed by atoms with Crippen molar-refractivity contribution in [3.8, 4) is 0 Å². The normalized spacial score (nSPS) is 13.3. The van der Waals surface area contributed by atoms with Gasteiger partial charge in [0.15, 0.2) is 0 Å². The topological polar surface area (TPSA) is 25.2 Å². The number of halogens is 3. The van der Waals surface area contributed by atoms with Gasteiger partial charge in [0, 0.05) is 18.2 Å². The summed E-state index contributed by atoms with van der Waals surface area (Å²) in [5.74, 6) is 0.740. The molecule has 1 unspecified atom stereocenters. The summed E-state index contributed by atoms with van der Waals surface area (Å²) in [6.07, 6.45) is -2.28. The first-order valence-corrected chi connectivity index (χ1v) is 5.92. The molecule has 1 heterocycles. The molecule has 0 aliphatic heterocycles. The van der Waals surface area contributed by atoms with Crippen molar-refractivity contribution in [2.45, 2.75) is 25.6 Å². The van der Waals surface area contributed by atoms with Gasteiger partial charge in [-0.1, -0.05) is 12.1 Å². The molecule has 0 aliphatic rings. The summed E-state index contributed by atoms with van der Waals surface area (Å²) in [6, 6.07) is 8.86. The number of alkyl halides is 3. The van der Waals surface area contributed by atoms with Crippen LogP contribution in [0, 0.1) is 0 Å². The molecular formula is C14H14F3NO. The molecule has 2 nitrogen and oxygen atoms in total. The van der Waals surface area contributed by atoms with E-state index in [-0.39, 0.29) is 11.7 Å². The number of furan rings is 1. The summed E-state index contributed by atoms with van der Waals surface area (Å²) in [7, 11) is 0. The first kappa shape index (κ1) is 13.5. The Balaban J connectivity index is 2.10. The van der Waals surface area contributed by atoms with Crippen molar-refractivity contribution in [1.29, 1.82) is 0 Å². The van der Waals surface area contributed by atoms with Gasteiger partial charge in [0.2, 0.25) is 0 Å². The van der Waals surface area contributed by atoms with Crippen LogP contribution < -0.4 is 5.32 Å². The molecule has 1 aromatic heterocycles. The maximum absolute atomic E-state index is 12.8. The lowest BCUT2D eigenvalue weighted by atomic mass is 10.1. The fourth-order valence-corrected chi connectivity index (χ4v) is 1.90. The zero-order valence-electron chi connectivity index (χ0n) is 10.4. The van der Waals surface area contributed by atoms with Gasteiger partial charge in [-0.15, -0.1) is 0 Å². The highest BCUT2D eigenvalue weighted by Gasteiger charge is 2.33. The highest BCUT2D eigenvalue weighted by atomic mass is 19.4. The maximum Gasteiger partial charge on any atom is 0.418 e. The molecule has 102 valence electrons. The van der Waals surface area contributed by atoms with Gasteiger partial charge in [-0.25, -0.2) is 0 Å². The molecule has 1 aromatic carbocycles. The van der Waals surface area contributed by atoms with Gasteiger partial charge in [0.1, 0.15) is 5.76 Å². The largest absolute Gasteiger partial charge is 0.469 e. The lowest BCUT2D eigenvalue weighted by Gasteiger charge is -2.18. The van der Waals surface area contributed by atoms with E-state index in [4.69, 9.17) is 4.42 Å². The molecule has 19 heavy (non-hydrogen) atoms. The SMILES string of the molecule is CC(Cc1ccco1)Nc1ccccc1C(F)(F)F.